The normalized spacial score (nSPS) is 34.4. The van der Waals surface area contributed by atoms with Gasteiger partial charge in [0.05, 0.1) is 16.1 Å². The van der Waals surface area contributed by atoms with Crippen LogP contribution < -0.4 is 5.32 Å². The minimum atomic E-state index is -0.139. The third-order valence-corrected chi connectivity index (χ3v) is 5.92. The van der Waals surface area contributed by atoms with E-state index in [1.54, 1.807) is 0 Å². The van der Waals surface area contributed by atoms with Crippen molar-refractivity contribution in [2.75, 3.05) is 13.1 Å². The molecule has 1 atom stereocenters. The van der Waals surface area contributed by atoms with Gasteiger partial charge in [0.1, 0.15) is 0 Å². The van der Waals surface area contributed by atoms with E-state index in [1.807, 2.05) is 12.1 Å². The Morgan fingerprint density at radius 3 is 2.45 bits per heavy atom. The lowest BCUT2D eigenvalue weighted by Gasteiger charge is -2.44. The largest absolute Gasteiger partial charge is 0.393 e. The Balaban J connectivity index is 1.97. The molecule has 1 aromatic carbocycles. The van der Waals surface area contributed by atoms with Crippen LogP contribution in [0.3, 0.4) is 0 Å². The van der Waals surface area contributed by atoms with Gasteiger partial charge in [-0.1, -0.05) is 29.3 Å². The zero-order valence-corrected chi connectivity index (χ0v) is 13.1. The highest BCUT2D eigenvalue weighted by Crippen LogP contribution is 2.48. The van der Waals surface area contributed by atoms with Crippen LogP contribution in [0.15, 0.2) is 18.2 Å². The Kier molecular flexibility index (Phi) is 4.28. The maximum absolute atomic E-state index is 9.87. The Bertz CT molecular complexity index is 477. The average molecular weight is 314 g/mol. The fourth-order valence-corrected chi connectivity index (χ4v) is 4.28. The van der Waals surface area contributed by atoms with Gasteiger partial charge in [0.15, 0.2) is 0 Å². The summed E-state index contributed by atoms with van der Waals surface area (Å²) in [6.45, 7) is 2.16. The van der Waals surface area contributed by atoms with E-state index in [1.165, 1.54) is 12.0 Å². The first-order chi connectivity index (χ1) is 9.62. The van der Waals surface area contributed by atoms with Gasteiger partial charge in [-0.05, 0) is 74.2 Å². The molecule has 1 heterocycles. The van der Waals surface area contributed by atoms with Gasteiger partial charge in [-0.2, -0.15) is 0 Å². The van der Waals surface area contributed by atoms with Crippen LogP contribution in [0, 0.1) is 5.92 Å². The lowest BCUT2D eigenvalue weighted by Crippen LogP contribution is -2.41. The second kappa shape index (κ2) is 5.84. The van der Waals surface area contributed by atoms with Crippen LogP contribution in [0.5, 0.6) is 0 Å². The fourth-order valence-electron chi connectivity index (χ4n) is 3.98. The first-order valence-corrected chi connectivity index (χ1v) is 8.22. The molecule has 1 saturated carbocycles. The quantitative estimate of drug-likeness (QED) is 0.871. The number of hydrogen-bond acceptors (Lipinski definition) is 2. The van der Waals surface area contributed by atoms with E-state index in [4.69, 9.17) is 23.2 Å². The molecule has 0 amide bonds. The number of halogens is 2. The zero-order valence-electron chi connectivity index (χ0n) is 11.5. The summed E-state index contributed by atoms with van der Waals surface area (Å²) in [5.41, 5.74) is 1.45. The summed E-state index contributed by atoms with van der Waals surface area (Å²) in [4.78, 5) is 0. The molecule has 20 heavy (non-hydrogen) atoms. The van der Waals surface area contributed by atoms with Crippen molar-refractivity contribution < 1.29 is 5.11 Å². The van der Waals surface area contributed by atoms with Crippen LogP contribution in [-0.2, 0) is 5.41 Å². The molecule has 1 saturated heterocycles. The molecule has 0 bridgehead atoms. The van der Waals surface area contributed by atoms with Crippen LogP contribution >= 0.6 is 23.2 Å². The minimum absolute atomic E-state index is 0.139. The van der Waals surface area contributed by atoms with Gasteiger partial charge in [-0.15, -0.1) is 0 Å². The Labute approximate surface area is 130 Å². The smallest absolute Gasteiger partial charge is 0.0595 e. The van der Waals surface area contributed by atoms with Crippen LogP contribution in [0.1, 0.15) is 37.7 Å². The van der Waals surface area contributed by atoms with Gasteiger partial charge >= 0.3 is 0 Å². The zero-order chi connectivity index (χ0) is 14.2. The molecule has 1 aliphatic heterocycles. The van der Waals surface area contributed by atoms with E-state index in [0.717, 1.165) is 38.8 Å². The van der Waals surface area contributed by atoms with Crippen molar-refractivity contribution in [1.82, 2.24) is 5.32 Å². The van der Waals surface area contributed by atoms with Gasteiger partial charge < -0.3 is 10.4 Å². The van der Waals surface area contributed by atoms with E-state index in [2.05, 4.69) is 11.4 Å². The van der Waals surface area contributed by atoms with Gasteiger partial charge in [-0.3, -0.25) is 0 Å². The van der Waals surface area contributed by atoms with Crippen LogP contribution in [-0.4, -0.2) is 24.3 Å². The predicted octanol–water partition coefficient (Wildman–Crippen LogP) is 3.78. The Morgan fingerprint density at radius 1 is 1.10 bits per heavy atom. The summed E-state index contributed by atoms with van der Waals surface area (Å²) in [6.07, 6.45) is 4.92. The SMILES string of the molecule is O[C@H]1CC[C@](c2ccc(Cl)c(Cl)c2)(C2CCNC2)CC1. The van der Waals surface area contributed by atoms with Crippen molar-refractivity contribution in [3.8, 4) is 0 Å². The summed E-state index contributed by atoms with van der Waals surface area (Å²) < 4.78 is 0. The van der Waals surface area contributed by atoms with Crippen molar-refractivity contribution in [1.29, 1.82) is 0 Å². The molecule has 2 N–H and O–H groups in total. The lowest BCUT2D eigenvalue weighted by atomic mass is 9.61. The van der Waals surface area contributed by atoms with Crippen molar-refractivity contribution >= 4 is 23.2 Å². The molecule has 0 spiro atoms. The number of aliphatic hydroxyl groups excluding tert-OH is 1. The summed E-state index contributed by atoms with van der Waals surface area (Å²) in [5.74, 6) is 0.632. The first kappa shape index (κ1) is 14.6. The first-order valence-electron chi connectivity index (χ1n) is 7.46. The van der Waals surface area contributed by atoms with Gasteiger partial charge in [-0.25, -0.2) is 0 Å². The number of nitrogens with one attached hydrogen (secondary N) is 1. The molecule has 0 aromatic heterocycles. The molecule has 4 heteroatoms. The number of hydrogen-bond donors (Lipinski definition) is 2. The highest BCUT2D eigenvalue weighted by atomic mass is 35.5. The average Bonchev–Trinajstić information content (AvgIpc) is 2.98. The molecule has 3 rings (SSSR count). The van der Waals surface area contributed by atoms with Crippen molar-refractivity contribution in [3.05, 3.63) is 33.8 Å². The summed E-state index contributed by atoms with van der Waals surface area (Å²) >= 11 is 12.3. The fraction of sp³-hybridized carbons (Fsp3) is 0.625. The van der Waals surface area contributed by atoms with Crippen molar-refractivity contribution in [2.45, 2.75) is 43.6 Å². The van der Waals surface area contributed by atoms with E-state index < -0.39 is 0 Å². The van der Waals surface area contributed by atoms with Crippen LogP contribution in [0.25, 0.3) is 0 Å². The maximum Gasteiger partial charge on any atom is 0.0595 e. The number of aliphatic hydroxyl groups is 1. The van der Waals surface area contributed by atoms with Gasteiger partial charge in [0.2, 0.25) is 0 Å². The molecule has 110 valence electrons. The van der Waals surface area contributed by atoms with E-state index in [9.17, 15) is 5.11 Å². The highest BCUT2D eigenvalue weighted by molar-refractivity contribution is 6.42. The summed E-state index contributed by atoms with van der Waals surface area (Å²) in [7, 11) is 0. The Morgan fingerprint density at radius 2 is 1.85 bits per heavy atom. The van der Waals surface area contributed by atoms with Crippen LogP contribution in [0.4, 0.5) is 0 Å². The second-order valence-corrected chi connectivity index (χ2v) is 7.02. The molecular weight excluding hydrogens is 293 g/mol. The van der Waals surface area contributed by atoms with Gasteiger partial charge in [0, 0.05) is 0 Å². The van der Waals surface area contributed by atoms with Crippen LogP contribution in [0.2, 0.25) is 10.0 Å². The predicted molar refractivity (Wildman–Crippen MR) is 83.6 cm³/mol. The molecule has 1 unspecified atom stereocenters. The summed E-state index contributed by atoms with van der Waals surface area (Å²) in [5, 5.41) is 14.6. The molecular formula is C16H21Cl2NO. The molecule has 2 fully saturated rings. The Hall–Kier alpha value is -0.280. The lowest BCUT2D eigenvalue weighted by molar-refractivity contribution is 0.0745. The van der Waals surface area contributed by atoms with Crippen molar-refractivity contribution in [2.24, 2.45) is 5.92 Å². The maximum atomic E-state index is 9.87. The highest BCUT2D eigenvalue weighted by Gasteiger charge is 2.43. The van der Waals surface area contributed by atoms with E-state index in [0.29, 0.717) is 16.0 Å². The second-order valence-electron chi connectivity index (χ2n) is 6.21. The third-order valence-electron chi connectivity index (χ3n) is 5.18. The van der Waals surface area contributed by atoms with E-state index >= 15 is 0 Å². The molecule has 2 nitrogen and oxygen atoms in total. The molecule has 1 aliphatic carbocycles. The monoisotopic (exact) mass is 313 g/mol. The minimum Gasteiger partial charge on any atom is -0.393 e. The molecule has 1 aromatic rings. The third kappa shape index (κ3) is 2.59. The standard InChI is InChI=1S/C16H21Cl2NO/c17-14-2-1-11(9-15(14)18)16(12-5-8-19-10-12)6-3-13(20)4-7-16/h1-2,9,12-13,19-20H,3-8,10H2/t12?,13-,16-. The molecule has 0 radical (unpaired) electrons. The van der Waals surface area contributed by atoms with Gasteiger partial charge in [0.25, 0.3) is 0 Å². The number of benzene rings is 1. The molecule has 2 aliphatic rings. The number of rotatable bonds is 2. The van der Waals surface area contributed by atoms with E-state index in [-0.39, 0.29) is 11.5 Å². The summed E-state index contributed by atoms with van der Waals surface area (Å²) in [6, 6.07) is 6.08. The van der Waals surface area contributed by atoms with Crippen molar-refractivity contribution in [3.63, 3.8) is 0 Å². The topological polar surface area (TPSA) is 32.3 Å².